The lowest BCUT2D eigenvalue weighted by atomic mass is 10.1. The normalized spacial score (nSPS) is 29.2. The van der Waals surface area contributed by atoms with Crippen LogP contribution in [0.4, 0.5) is 0 Å². The Balaban J connectivity index is 2.85. The van der Waals surface area contributed by atoms with Gasteiger partial charge in [0.15, 0.2) is 5.78 Å². The van der Waals surface area contributed by atoms with Gasteiger partial charge in [-0.3, -0.25) is 9.59 Å². The van der Waals surface area contributed by atoms with Crippen molar-refractivity contribution in [2.75, 3.05) is 0 Å². The second-order valence-electron chi connectivity index (χ2n) is 5.92. The molecule has 1 aliphatic heterocycles. The molecular weight excluding hydrogens is 328 g/mol. The lowest BCUT2D eigenvalue weighted by Crippen LogP contribution is -2.20. The molecule has 138 valence electrons. The van der Waals surface area contributed by atoms with Crippen LogP contribution in [0, 0.1) is 0 Å². The van der Waals surface area contributed by atoms with Gasteiger partial charge in [-0.2, -0.15) is 0 Å². The fourth-order valence-corrected chi connectivity index (χ4v) is 2.18. The number of carbonyl (C=O) groups excluding carboxylic acids is 4. The number of carbonyl (C=O) groups is 4. The van der Waals surface area contributed by atoms with Crippen molar-refractivity contribution in [1.29, 1.82) is 0 Å². The van der Waals surface area contributed by atoms with Crippen LogP contribution in [0.25, 0.3) is 0 Å². The molecule has 3 atom stereocenters. The number of hydrogen-bond acceptors (Lipinski definition) is 7. The van der Waals surface area contributed by atoms with Crippen molar-refractivity contribution in [1.82, 2.24) is 0 Å². The number of hydrogen-bond donors (Lipinski definition) is 0. The topological polar surface area (TPSA) is 96.0 Å². The monoisotopic (exact) mass is 352 g/mol. The zero-order valence-corrected chi connectivity index (χ0v) is 14.7. The first-order chi connectivity index (χ1) is 11.8. The summed E-state index contributed by atoms with van der Waals surface area (Å²) in [5, 5.41) is 0. The highest BCUT2D eigenvalue weighted by Crippen LogP contribution is 2.12. The lowest BCUT2D eigenvalue weighted by Gasteiger charge is -2.17. The molecule has 7 nitrogen and oxygen atoms in total. The Bertz CT molecular complexity index is 562. The summed E-state index contributed by atoms with van der Waals surface area (Å²) in [6, 6.07) is 0. The first kappa shape index (κ1) is 20.6. The number of cyclic esters (lactones) is 2. The summed E-state index contributed by atoms with van der Waals surface area (Å²) in [5.74, 6) is -1.90. The van der Waals surface area contributed by atoms with Gasteiger partial charge in [-0.25, -0.2) is 9.59 Å². The van der Waals surface area contributed by atoms with Crippen LogP contribution in [-0.4, -0.2) is 42.0 Å². The largest absolute Gasteiger partial charge is 0.460 e. The summed E-state index contributed by atoms with van der Waals surface area (Å²) in [6.45, 7) is 4.64. The van der Waals surface area contributed by atoms with E-state index < -0.39 is 36.2 Å². The minimum absolute atomic E-state index is 0.146. The van der Waals surface area contributed by atoms with Crippen molar-refractivity contribution in [3.8, 4) is 0 Å². The molecule has 0 spiro atoms. The molecule has 0 aromatic carbocycles. The van der Waals surface area contributed by atoms with E-state index >= 15 is 0 Å². The predicted molar refractivity (Wildman–Crippen MR) is 88.4 cm³/mol. The summed E-state index contributed by atoms with van der Waals surface area (Å²) in [6.07, 6.45) is 4.66. The maximum Gasteiger partial charge on any atom is 0.331 e. The minimum atomic E-state index is -0.619. The molecule has 1 heterocycles. The van der Waals surface area contributed by atoms with Crippen LogP contribution in [0.2, 0.25) is 0 Å². The van der Waals surface area contributed by atoms with Crippen molar-refractivity contribution in [2.45, 2.75) is 64.8 Å². The van der Waals surface area contributed by atoms with Gasteiger partial charge in [0.05, 0.1) is 12.2 Å². The lowest BCUT2D eigenvalue weighted by molar-refractivity contribution is -0.147. The van der Waals surface area contributed by atoms with Crippen LogP contribution in [0.3, 0.4) is 0 Å². The van der Waals surface area contributed by atoms with E-state index in [1.54, 1.807) is 13.8 Å². The number of allylic oxidation sites excluding steroid dienone is 1. The van der Waals surface area contributed by atoms with Gasteiger partial charge in [-0.05, 0) is 45.3 Å². The molecule has 0 bridgehead atoms. The number of ketones is 1. The second kappa shape index (κ2) is 10.4. The molecule has 1 rings (SSSR count). The van der Waals surface area contributed by atoms with Gasteiger partial charge in [-0.1, -0.05) is 0 Å². The van der Waals surface area contributed by atoms with Gasteiger partial charge in [-0.15, -0.1) is 0 Å². The first-order valence-electron chi connectivity index (χ1n) is 8.24. The van der Waals surface area contributed by atoms with E-state index in [0.717, 1.165) is 12.2 Å². The van der Waals surface area contributed by atoms with E-state index in [4.69, 9.17) is 14.2 Å². The molecule has 0 fully saturated rings. The van der Waals surface area contributed by atoms with Crippen molar-refractivity contribution in [2.24, 2.45) is 0 Å². The van der Waals surface area contributed by atoms with Crippen LogP contribution in [0.5, 0.6) is 0 Å². The number of esters is 3. The molecule has 1 aliphatic rings. The Hall–Kier alpha value is -2.44. The van der Waals surface area contributed by atoms with Crippen LogP contribution >= 0.6 is 0 Å². The summed E-state index contributed by atoms with van der Waals surface area (Å²) < 4.78 is 15.4. The Labute approximate surface area is 147 Å². The molecule has 0 unspecified atom stereocenters. The molecule has 0 N–H and O–H groups in total. The summed E-state index contributed by atoms with van der Waals surface area (Å²) >= 11 is 0. The molecule has 0 saturated carbocycles. The van der Waals surface area contributed by atoms with E-state index in [9.17, 15) is 19.2 Å². The van der Waals surface area contributed by atoms with Crippen LogP contribution < -0.4 is 0 Å². The van der Waals surface area contributed by atoms with Gasteiger partial charge in [0.2, 0.25) is 0 Å². The summed E-state index contributed by atoms with van der Waals surface area (Å²) in [5.41, 5.74) is 0. The fourth-order valence-electron chi connectivity index (χ4n) is 2.18. The Morgan fingerprint density at radius 1 is 0.960 bits per heavy atom. The minimum Gasteiger partial charge on any atom is -0.460 e. The van der Waals surface area contributed by atoms with Gasteiger partial charge in [0, 0.05) is 25.5 Å². The number of rotatable bonds is 1. The highest BCUT2D eigenvalue weighted by Gasteiger charge is 2.16. The summed E-state index contributed by atoms with van der Waals surface area (Å²) in [7, 11) is 0. The van der Waals surface area contributed by atoms with Gasteiger partial charge < -0.3 is 14.2 Å². The third-order valence-corrected chi connectivity index (χ3v) is 3.46. The van der Waals surface area contributed by atoms with Gasteiger partial charge in [0.1, 0.15) is 6.10 Å². The van der Waals surface area contributed by atoms with Crippen molar-refractivity contribution in [3.05, 3.63) is 24.3 Å². The van der Waals surface area contributed by atoms with E-state index in [2.05, 4.69) is 0 Å². The molecule has 0 aromatic rings. The Morgan fingerprint density at radius 3 is 2.20 bits per heavy atom. The van der Waals surface area contributed by atoms with Crippen LogP contribution in [0.1, 0.15) is 46.5 Å². The number of ether oxygens (including phenoxy) is 3. The third kappa shape index (κ3) is 9.44. The SMILES string of the molecule is CC(=O)O[C@@H]1/C=C/C(=O)O[C@H](C)CCC(=O)/C=C/C(=O)O[C@H](C)CC1. The Morgan fingerprint density at radius 2 is 1.56 bits per heavy atom. The molecule has 0 aliphatic carbocycles. The first-order valence-corrected chi connectivity index (χ1v) is 8.24. The zero-order chi connectivity index (χ0) is 18.8. The standard InChI is InChI=1S/C18H24O7/c1-12-4-6-15(20)7-10-17(21)24-13(2)5-8-16(25-14(3)19)9-11-18(22)23-12/h7,9-13,16H,4-6,8H2,1-3H3/b10-7+,11-9+/t12-,13-,16+/m1/s1. The van der Waals surface area contributed by atoms with Crippen molar-refractivity contribution < 1.29 is 33.4 Å². The van der Waals surface area contributed by atoms with Crippen LogP contribution in [0.15, 0.2) is 24.3 Å². The maximum atomic E-state index is 11.8. The van der Waals surface area contributed by atoms with E-state index in [1.807, 2.05) is 0 Å². The van der Waals surface area contributed by atoms with Gasteiger partial charge in [0.25, 0.3) is 0 Å². The predicted octanol–water partition coefficient (Wildman–Crippen LogP) is 2.04. The quantitative estimate of drug-likeness (QED) is 0.526. The third-order valence-electron chi connectivity index (χ3n) is 3.46. The maximum absolute atomic E-state index is 11.8. The van der Waals surface area contributed by atoms with E-state index in [1.165, 1.54) is 19.1 Å². The average molecular weight is 352 g/mol. The molecular formula is C18H24O7. The molecule has 0 amide bonds. The molecule has 7 heteroatoms. The average Bonchev–Trinajstić information content (AvgIpc) is 2.52. The van der Waals surface area contributed by atoms with Gasteiger partial charge >= 0.3 is 17.9 Å². The van der Waals surface area contributed by atoms with Crippen LogP contribution in [-0.2, 0) is 33.4 Å². The molecule has 0 saturated heterocycles. The zero-order valence-electron chi connectivity index (χ0n) is 14.7. The van der Waals surface area contributed by atoms with Crippen molar-refractivity contribution in [3.63, 3.8) is 0 Å². The fraction of sp³-hybridized carbons (Fsp3) is 0.556. The smallest absolute Gasteiger partial charge is 0.331 e. The van der Waals surface area contributed by atoms with Crippen molar-refractivity contribution >= 4 is 23.7 Å². The molecule has 0 radical (unpaired) electrons. The van der Waals surface area contributed by atoms with E-state index in [-0.39, 0.29) is 12.2 Å². The van der Waals surface area contributed by atoms with E-state index in [0.29, 0.717) is 19.3 Å². The molecule has 0 aromatic heterocycles. The summed E-state index contributed by atoms with van der Waals surface area (Å²) in [4.78, 5) is 46.3. The molecule has 25 heavy (non-hydrogen) atoms. The highest BCUT2D eigenvalue weighted by molar-refractivity contribution is 5.95. The second-order valence-corrected chi connectivity index (χ2v) is 5.92. The Kier molecular flexibility index (Phi) is 8.60. The highest BCUT2D eigenvalue weighted by atomic mass is 16.6.